The Morgan fingerprint density at radius 2 is 2.11 bits per heavy atom. The molecule has 1 aliphatic rings. The number of rotatable bonds is 4. The van der Waals surface area contributed by atoms with Gasteiger partial charge in [0.2, 0.25) is 5.95 Å². The summed E-state index contributed by atoms with van der Waals surface area (Å²) in [5, 5.41) is 3.40. The highest BCUT2D eigenvalue weighted by Crippen LogP contribution is 2.34. The van der Waals surface area contributed by atoms with Gasteiger partial charge in [0.1, 0.15) is 5.82 Å². The number of nitrogens with two attached hydrogens (primary N) is 1. The summed E-state index contributed by atoms with van der Waals surface area (Å²) in [6, 6.07) is 0. The fraction of sp³-hybridized carbons (Fsp3) is 0.667. The highest BCUT2D eigenvalue weighted by molar-refractivity contribution is 9.10. The Bertz CT molecular complexity index is 415. The Hall–Kier alpha value is -0.880. The van der Waals surface area contributed by atoms with Crippen molar-refractivity contribution in [3.05, 3.63) is 10.7 Å². The summed E-state index contributed by atoms with van der Waals surface area (Å²) in [6.07, 6.45) is 6.73. The van der Waals surface area contributed by atoms with Crippen LogP contribution in [0.5, 0.6) is 0 Å². The molecule has 0 radical (unpaired) electrons. The summed E-state index contributed by atoms with van der Waals surface area (Å²) in [5.41, 5.74) is 5.85. The molecular weight excluding hydrogens is 294 g/mol. The van der Waals surface area contributed by atoms with Gasteiger partial charge < -0.3 is 16.0 Å². The number of nitrogens with one attached hydrogen (secondary N) is 1. The van der Waals surface area contributed by atoms with Crippen molar-refractivity contribution in [1.82, 2.24) is 14.9 Å². The van der Waals surface area contributed by atoms with Crippen LogP contribution in [0.15, 0.2) is 10.7 Å². The highest BCUT2D eigenvalue weighted by Gasteiger charge is 2.35. The van der Waals surface area contributed by atoms with E-state index in [-0.39, 0.29) is 5.54 Å². The second-order valence-corrected chi connectivity index (χ2v) is 5.96. The molecule has 0 saturated heterocycles. The van der Waals surface area contributed by atoms with Crippen molar-refractivity contribution in [3.8, 4) is 0 Å². The first-order valence-electron chi connectivity index (χ1n) is 6.23. The van der Waals surface area contributed by atoms with Gasteiger partial charge in [0.25, 0.3) is 0 Å². The number of aromatic nitrogens is 2. The number of hydrogen-bond acceptors (Lipinski definition) is 5. The van der Waals surface area contributed by atoms with E-state index in [1.54, 1.807) is 6.20 Å². The lowest BCUT2D eigenvalue weighted by molar-refractivity contribution is 0.172. The number of hydrogen-bond donors (Lipinski definition) is 2. The third kappa shape index (κ3) is 2.75. The van der Waals surface area contributed by atoms with Crippen LogP contribution in [0.2, 0.25) is 0 Å². The van der Waals surface area contributed by atoms with Crippen LogP contribution in [0.25, 0.3) is 0 Å². The maximum atomic E-state index is 5.61. The summed E-state index contributed by atoms with van der Waals surface area (Å²) in [5.74, 6) is 1.07. The van der Waals surface area contributed by atoms with E-state index in [0.29, 0.717) is 5.95 Å². The minimum absolute atomic E-state index is 0.235. The molecule has 1 aromatic heterocycles. The third-order valence-electron chi connectivity index (χ3n) is 3.83. The fourth-order valence-corrected chi connectivity index (χ4v) is 2.90. The van der Waals surface area contributed by atoms with Gasteiger partial charge in [-0.2, -0.15) is 4.98 Å². The molecule has 1 fully saturated rings. The molecule has 1 aromatic rings. The number of nitrogen functional groups attached to an aromatic ring is 1. The molecule has 0 amide bonds. The zero-order valence-electron chi connectivity index (χ0n) is 10.9. The number of likely N-dealkylation sites (N-methyl/N-ethyl adjacent to an activating group) is 1. The molecule has 1 aliphatic carbocycles. The van der Waals surface area contributed by atoms with Crippen LogP contribution in [0.4, 0.5) is 11.8 Å². The van der Waals surface area contributed by atoms with Crippen LogP contribution in [0.3, 0.4) is 0 Å². The molecule has 1 saturated carbocycles. The molecule has 5 nitrogen and oxygen atoms in total. The summed E-state index contributed by atoms with van der Waals surface area (Å²) in [6.45, 7) is 0.884. The lowest BCUT2D eigenvalue weighted by Crippen LogP contribution is -2.47. The second-order valence-electron chi connectivity index (χ2n) is 5.10. The number of nitrogens with zero attached hydrogens (tertiary/aromatic N) is 3. The van der Waals surface area contributed by atoms with E-state index in [9.17, 15) is 0 Å². The van der Waals surface area contributed by atoms with Gasteiger partial charge in [-0.3, -0.25) is 0 Å². The molecule has 2 rings (SSSR count). The molecule has 0 aromatic carbocycles. The van der Waals surface area contributed by atoms with Crippen molar-refractivity contribution in [2.75, 3.05) is 31.7 Å². The predicted molar refractivity (Wildman–Crippen MR) is 77.5 cm³/mol. The molecule has 0 spiro atoms. The van der Waals surface area contributed by atoms with E-state index in [4.69, 9.17) is 5.73 Å². The van der Waals surface area contributed by atoms with E-state index < -0.39 is 0 Å². The van der Waals surface area contributed by atoms with E-state index in [1.807, 2.05) is 0 Å². The zero-order valence-corrected chi connectivity index (χ0v) is 12.5. The summed E-state index contributed by atoms with van der Waals surface area (Å²) in [4.78, 5) is 10.5. The van der Waals surface area contributed by atoms with Crippen LogP contribution in [-0.4, -0.2) is 41.0 Å². The number of halogens is 1. The minimum atomic E-state index is 0.235. The fourth-order valence-electron chi connectivity index (χ4n) is 2.57. The lowest BCUT2D eigenvalue weighted by Gasteiger charge is -2.36. The molecule has 6 heteroatoms. The molecule has 0 unspecified atom stereocenters. The molecule has 3 N–H and O–H groups in total. The van der Waals surface area contributed by atoms with Gasteiger partial charge in [0, 0.05) is 18.3 Å². The normalized spacial score (nSPS) is 18.2. The molecular formula is C12H20BrN5. The smallest absolute Gasteiger partial charge is 0.221 e. The van der Waals surface area contributed by atoms with Gasteiger partial charge >= 0.3 is 0 Å². The SMILES string of the molecule is CN(C)C1(CNc2nc(N)ncc2Br)CCCC1. The first-order chi connectivity index (χ1) is 8.53. The van der Waals surface area contributed by atoms with Crippen molar-refractivity contribution in [1.29, 1.82) is 0 Å². The van der Waals surface area contributed by atoms with E-state index in [2.05, 4.69) is 50.2 Å². The van der Waals surface area contributed by atoms with Crippen molar-refractivity contribution >= 4 is 27.7 Å². The van der Waals surface area contributed by atoms with E-state index in [1.165, 1.54) is 25.7 Å². The molecule has 0 bridgehead atoms. The van der Waals surface area contributed by atoms with Crippen molar-refractivity contribution in [2.24, 2.45) is 0 Å². The Kier molecular flexibility index (Phi) is 4.07. The second kappa shape index (κ2) is 5.40. The van der Waals surface area contributed by atoms with E-state index >= 15 is 0 Å². The summed E-state index contributed by atoms with van der Waals surface area (Å²) >= 11 is 3.44. The summed E-state index contributed by atoms with van der Waals surface area (Å²) in [7, 11) is 4.30. The standard InChI is InChI=1S/C12H20BrN5/c1-18(2)12(5-3-4-6-12)8-16-10-9(13)7-15-11(14)17-10/h7H,3-6,8H2,1-2H3,(H3,14,15,16,17). The van der Waals surface area contributed by atoms with Gasteiger partial charge in [0.05, 0.1) is 4.47 Å². The molecule has 0 atom stereocenters. The lowest BCUT2D eigenvalue weighted by atomic mass is 9.96. The molecule has 100 valence electrons. The van der Waals surface area contributed by atoms with Gasteiger partial charge in [-0.15, -0.1) is 0 Å². The predicted octanol–water partition coefficient (Wildman–Crippen LogP) is 2.11. The van der Waals surface area contributed by atoms with Crippen LogP contribution in [-0.2, 0) is 0 Å². The quantitative estimate of drug-likeness (QED) is 0.891. The Morgan fingerprint density at radius 3 is 2.72 bits per heavy atom. The van der Waals surface area contributed by atoms with Crippen molar-refractivity contribution in [2.45, 2.75) is 31.2 Å². The average Bonchev–Trinajstić information content (AvgIpc) is 2.80. The minimum Gasteiger partial charge on any atom is -0.368 e. The maximum Gasteiger partial charge on any atom is 0.221 e. The summed E-state index contributed by atoms with van der Waals surface area (Å²) < 4.78 is 0.851. The maximum absolute atomic E-state index is 5.61. The Balaban J connectivity index is 2.08. The first kappa shape index (κ1) is 13.5. The topological polar surface area (TPSA) is 67.1 Å². The Morgan fingerprint density at radius 1 is 1.44 bits per heavy atom. The van der Waals surface area contributed by atoms with Gasteiger partial charge in [-0.05, 0) is 42.9 Å². The van der Waals surface area contributed by atoms with Crippen molar-refractivity contribution in [3.63, 3.8) is 0 Å². The Labute approximate surface area is 116 Å². The van der Waals surface area contributed by atoms with Gasteiger partial charge in [0.15, 0.2) is 0 Å². The van der Waals surface area contributed by atoms with E-state index in [0.717, 1.165) is 16.8 Å². The molecule has 0 aliphatic heterocycles. The van der Waals surface area contributed by atoms with Crippen molar-refractivity contribution < 1.29 is 0 Å². The first-order valence-corrected chi connectivity index (χ1v) is 7.02. The molecule has 1 heterocycles. The van der Waals surface area contributed by atoms with Crippen LogP contribution >= 0.6 is 15.9 Å². The highest BCUT2D eigenvalue weighted by atomic mass is 79.9. The third-order valence-corrected chi connectivity index (χ3v) is 4.41. The molecule has 18 heavy (non-hydrogen) atoms. The largest absolute Gasteiger partial charge is 0.368 e. The van der Waals surface area contributed by atoms with Crippen LogP contribution in [0, 0.1) is 0 Å². The van der Waals surface area contributed by atoms with Crippen LogP contribution < -0.4 is 11.1 Å². The van der Waals surface area contributed by atoms with Crippen LogP contribution in [0.1, 0.15) is 25.7 Å². The van der Waals surface area contributed by atoms with Gasteiger partial charge in [-0.1, -0.05) is 12.8 Å². The van der Waals surface area contributed by atoms with Gasteiger partial charge in [-0.25, -0.2) is 4.98 Å². The zero-order chi connectivity index (χ0) is 13.2. The monoisotopic (exact) mass is 313 g/mol. The number of anilines is 2. The average molecular weight is 314 g/mol.